The van der Waals surface area contributed by atoms with E-state index in [2.05, 4.69) is 70.3 Å². The van der Waals surface area contributed by atoms with Crippen LogP contribution in [0.4, 0.5) is 0 Å². The Labute approximate surface area is 159 Å². The molecule has 1 saturated heterocycles. The average Bonchev–Trinajstić information content (AvgIpc) is 2.94. The molecule has 1 N–H and O–H groups in total. The van der Waals surface area contributed by atoms with Crippen molar-refractivity contribution in [3.05, 3.63) is 22.1 Å². The number of piperazine rings is 1. The summed E-state index contributed by atoms with van der Waals surface area (Å²) < 4.78 is 3.34. The zero-order valence-electron chi connectivity index (χ0n) is 16.0. The molecule has 1 fully saturated rings. The van der Waals surface area contributed by atoms with E-state index >= 15 is 0 Å². The lowest BCUT2D eigenvalue weighted by Gasteiger charge is -2.40. The fourth-order valence-electron chi connectivity index (χ4n) is 4.11. The summed E-state index contributed by atoms with van der Waals surface area (Å²) in [5, 5.41) is 3.64. The van der Waals surface area contributed by atoms with E-state index in [4.69, 9.17) is 4.98 Å². The second-order valence-electron chi connectivity index (χ2n) is 7.34. The summed E-state index contributed by atoms with van der Waals surface area (Å²) in [5.74, 6) is 1.18. The van der Waals surface area contributed by atoms with E-state index < -0.39 is 0 Å². The van der Waals surface area contributed by atoms with Gasteiger partial charge in [0, 0.05) is 42.4 Å². The number of halogens is 1. The molecule has 3 unspecified atom stereocenters. The van der Waals surface area contributed by atoms with E-state index in [0.29, 0.717) is 18.1 Å². The molecule has 138 valence electrons. The van der Waals surface area contributed by atoms with Gasteiger partial charge in [-0.15, -0.1) is 0 Å². The summed E-state index contributed by atoms with van der Waals surface area (Å²) in [5.41, 5.74) is 3.22. The van der Waals surface area contributed by atoms with Gasteiger partial charge in [-0.2, -0.15) is 0 Å². The van der Waals surface area contributed by atoms with Crippen LogP contribution in [0.3, 0.4) is 0 Å². The van der Waals surface area contributed by atoms with Crippen molar-refractivity contribution < 1.29 is 0 Å². The predicted octanol–water partition coefficient (Wildman–Crippen LogP) is 4.05. The third kappa shape index (κ3) is 3.62. The van der Waals surface area contributed by atoms with Gasteiger partial charge < -0.3 is 9.88 Å². The van der Waals surface area contributed by atoms with Gasteiger partial charge in [0.25, 0.3) is 0 Å². The lowest BCUT2D eigenvalue weighted by Crippen LogP contribution is -2.55. The first-order valence-electron chi connectivity index (χ1n) is 9.47. The number of fused-ring (bicyclic) bond motifs is 1. The fourth-order valence-corrected chi connectivity index (χ4v) is 4.40. The third-order valence-corrected chi connectivity index (χ3v) is 5.99. The first-order chi connectivity index (χ1) is 12.0. The molecule has 0 aromatic carbocycles. The van der Waals surface area contributed by atoms with E-state index in [0.717, 1.165) is 48.1 Å². The Balaban J connectivity index is 2.08. The summed E-state index contributed by atoms with van der Waals surface area (Å²) >= 11 is 3.60. The smallest absolute Gasteiger partial charge is 0.160 e. The Morgan fingerprint density at radius 2 is 1.96 bits per heavy atom. The van der Waals surface area contributed by atoms with Gasteiger partial charge in [0.05, 0.1) is 6.04 Å². The van der Waals surface area contributed by atoms with Crippen LogP contribution in [0.5, 0.6) is 0 Å². The van der Waals surface area contributed by atoms with Crippen LogP contribution in [-0.4, -0.2) is 44.6 Å². The van der Waals surface area contributed by atoms with Gasteiger partial charge in [0.15, 0.2) is 5.65 Å². The predicted molar refractivity (Wildman–Crippen MR) is 107 cm³/mol. The number of hydrogen-bond acceptors (Lipinski definition) is 4. The minimum absolute atomic E-state index is 0.351. The van der Waals surface area contributed by atoms with Crippen LogP contribution < -0.4 is 5.32 Å². The lowest BCUT2D eigenvalue weighted by atomic mass is 10.0. The Morgan fingerprint density at radius 3 is 2.56 bits per heavy atom. The molecule has 0 spiro atoms. The standard InChI is InChI=1S/C19H30BrN5/c1-6-8-16(24-10-12(3)22-13(4)11-24)18-23-17-14(5)15(20)9-21-19(17)25(18)7-2/h9,12-13,16,22H,6-8,10-11H2,1-5H3. The van der Waals surface area contributed by atoms with Crippen LogP contribution in [-0.2, 0) is 6.54 Å². The summed E-state index contributed by atoms with van der Waals surface area (Å²) in [4.78, 5) is 12.4. The van der Waals surface area contributed by atoms with Crippen molar-refractivity contribution >= 4 is 27.1 Å². The normalized spacial score (nSPS) is 23.3. The number of aromatic nitrogens is 3. The van der Waals surface area contributed by atoms with Crippen LogP contribution in [0, 0.1) is 6.92 Å². The maximum Gasteiger partial charge on any atom is 0.160 e. The topological polar surface area (TPSA) is 46.0 Å². The average molecular weight is 408 g/mol. The largest absolute Gasteiger partial charge is 0.312 e. The first-order valence-corrected chi connectivity index (χ1v) is 10.3. The van der Waals surface area contributed by atoms with Crippen molar-refractivity contribution in [2.75, 3.05) is 13.1 Å². The van der Waals surface area contributed by atoms with Crippen molar-refractivity contribution in [2.45, 2.75) is 72.1 Å². The molecule has 3 heterocycles. The van der Waals surface area contributed by atoms with Crippen LogP contribution in [0.25, 0.3) is 11.2 Å². The monoisotopic (exact) mass is 407 g/mol. The van der Waals surface area contributed by atoms with Gasteiger partial charge >= 0.3 is 0 Å². The summed E-state index contributed by atoms with van der Waals surface area (Å²) in [7, 11) is 0. The number of nitrogens with one attached hydrogen (secondary N) is 1. The molecule has 3 rings (SSSR count). The Hall–Kier alpha value is -0.980. The van der Waals surface area contributed by atoms with Crippen molar-refractivity contribution in [1.82, 2.24) is 24.8 Å². The van der Waals surface area contributed by atoms with Crippen LogP contribution >= 0.6 is 15.9 Å². The Morgan fingerprint density at radius 1 is 1.28 bits per heavy atom. The van der Waals surface area contributed by atoms with Gasteiger partial charge in [-0.3, -0.25) is 4.90 Å². The van der Waals surface area contributed by atoms with Gasteiger partial charge in [0.2, 0.25) is 0 Å². The molecule has 5 nitrogen and oxygen atoms in total. The second kappa shape index (κ2) is 7.72. The molecular formula is C19H30BrN5. The molecule has 3 atom stereocenters. The van der Waals surface area contributed by atoms with Crippen molar-refractivity contribution in [3.63, 3.8) is 0 Å². The van der Waals surface area contributed by atoms with E-state index in [1.54, 1.807) is 0 Å². The minimum Gasteiger partial charge on any atom is -0.312 e. The highest BCUT2D eigenvalue weighted by molar-refractivity contribution is 9.10. The molecule has 1 aliphatic rings. The quantitative estimate of drug-likeness (QED) is 0.811. The van der Waals surface area contributed by atoms with Crippen LogP contribution in [0.2, 0.25) is 0 Å². The van der Waals surface area contributed by atoms with E-state index in [9.17, 15) is 0 Å². The van der Waals surface area contributed by atoms with E-state index in [1.807, 2.05) is 6.20 Å². The lowest BCUT2D eigenvalue weighted by molar-refractivity contribution is 0.110. The Bertz CT molecular complexity index is 731. The van der Waals surface area contributed by atoms with Crippen LogP contribution in [0.1, 0.15) is 58.0 Å². The number of rotatable bonds is 5. The molecule has 0 amide bonds. The number of imidazole rings is 1. The fraction of sp³-hybridized carbons (Fsp3) is 0.684. The summed E-state index contributed by atoms with van der Waals surface area (Å²) in [6.45, 7) is 14.2. The molecule has 6 heteroatoms. The van der Waals surface area contributed by atoms with Gasteiger partial charge in [0.1, 0.15) is 11.3 Å². The minimum atomic E-state index is 0.351. The van der Waals surface area contributed by atoms with Crippen molar-refractivity contribution in [1.29, 1.82) is 0 Å². The zero-order chi connectivity index (χ0) is 18.1. The molecule has 0 bridgehead atoms. The van der Waals surface area contributed by atoms with Crippen molar-refractivity contribution in [3.8, 4) is 0 Å². The highest BCUT2D eigenvalue weighted by Crippen LogP contribution is 2.32. The number of aryl methyl sites for hydroxylation is 2. The molecular weight excluding hydrogens is 378 g/mol. The summed E-state index contributed by atoms with van der Waals surface area (Å²) in [6.07, 6.45) is 4.18. The van der Waals surface area contributed by atoms with Gasteiger partial charge in [-0.05, 0) is 55.6 Å². The molecule has 0 aliphatic carbocycles. The maximum absolute atomic E-state index is 5.10. The third-order valence-electron chi connectivity index (χ3n) is 5.19. The number of pyridine rings is 1. The molecule has 0 radical (unpaired) electrons. The summed E-state index contributed by atoms with van der Waals surface area (Å²) in [6, 6.07) is 1.37. The maximum atomic E-state index is 5.10. The van der Waals surface area contributed by atoms with Gasteiger partial charge in [-0.25, -0.2) is 9.97 Å². The SMILES string of the molecule is CCCC(c1nc2c(C)c(Br)cnc2n1CC)N1CC(C)NC(C)C1. The molecule has 1 aliphatic heterocycles. The van der Waals surface area contributed by atoms with Crippen molar-refractivity contribution in [2.24, 2.45) is 0 Å². The highest BCUT2D eigenvalue weighted by atomic mass is 79.9. The van der Waals surface area contributed by atoms with Crippen LogP contribution in [0.15, 0.2) is 10.7 Å². The molecule has 2 aromatic rings. The van der Waals surface area contributed by atoms with Gasteiger partial charge in [-0.1, -0.05) is 13.3 Å². The number of hydrogen-bond donors (Lipinski definition) is 1. The van der Waals surface area contributed by atoms with E-state index in [1.165, 1.54) is 11.4 Å². The first kappa shape index (κ1) is 18.8. The molecule has 0 saturated carbocycles. The van der Waals surface area contributed by atoms with E-state index in [-0.39, 0.29) is 0 Å². The molecule has 25 heavy (non-hydrogen) atoms. The zero-order valence-corrected chi connectivity index (χ0v) is 17.6. The second-order valence-corrected chi connectivity index (χ2v) is 8.20. The Kier molecular flexibility index (Phi) is 5.81. The molecule has 2 aromatic heterocycles. The number of nitrogens with zero attached hydrogens (tertiary/aromatic N) is 4. The highest BCUT2D eigenvalue weighted by Gasteiger charge is 2.31.